The molecule has 4 rings (SSSR count). The van der Waals surface area contributed by atoms with E-state index in [1.807, 2.05) is 43.3 Å². The molecule has 0 saturated carbocycles. The minimum Gasteiger partial charge on any atom is -0.489 e. The molecule has 0 unspecified atom stereocenters. The smallest absolute Gasteiger partial charge is 0.278 e. The summed E-state index contributed by atoms with van der Waals surface area (Å²) in [5, 5.41) is 11.1. The zero-order chi connectivity index (χ0) is 21.8. The molecule has 0 bridgehead atoms. The number of hydrogen-bond acceptors (Lipinski definition) is 5. The van der Waals surface area contributed by atoms with Crippen LogP contribution in [0.2, 0.25) is 0 Å². The number of nitrogens with zero attached hydrogens (tertiary/aromatic N) is 3. The van der Waals surface area contributed by atoms with Gasteiger partial charge >= 0.3 is 0 Å². The molecule has 0 spiro atoms. The number of anilines is 1. The van der Waals surface area contributed by atoms with E-state index in [9.17, 15) is 4.79 Å². The Morgan fingerprint density at radius 1 is 1.13 bits per heavy atom. The molecule has 0 aliphatic heterocycles. The Balaban J connectivity index is 1.43. The van der Waals surface area contributed by atoms with E-state index in [-0.39, 0.29) is 18.2 Å². The van der Waals surface area contributed by atoms with Crippen molar-refractivity contribution in [2.45, 2.75) is 33.9 Å². The van der Waals surface area contributed by atoms with Crippen molar-refractivity contribution in [3.8, 4) is 5.75 Å². The molecular formula is C24H24N4O3. The fraction of sp³-hybridized carbons (Fsp3) is 0.208. The number of amides is 1. The van der Waals surface area contributed by atoms with Crippen molar-refractivity contribution in [1.29, 1.82) is 0 Å². The molecule has 2 aromatic carbocycles. The average Bonchev–Trinajstić information content (AvgIpc) is 3.34. The summed E-state index contributed by atoms with van der Waals surface area (Å²) in [7, 11) is 0. The van der Waals surface area contributed by atoms with Crippen molar-refractivity contribution in [3.05, 3.63) is 94.6 Å². The lowest BCUT2D eigenvalue weighted by Crippen LogP contribution is -2.15. The normalized spacial score (nSPS) is 10.8. The Morgan fingerprint density at radius 2 is 1.97 bits per heavy atom. The maximum atomic E-state index is 12.8. The van der Waals surface area contributed by atoms with Crippen LogP contribution in [0, 0.1) is 20.8 Å². The molecule has 0 aliphatic rings. The average molecular weight is 416 g/mol. The van der Waals surface area contributed by atoms with E-state index < -0.39 is 0 Å². The third kappa shape index (κ3) is 4.83. The number of aryl methyl sites for hydroxylation is 3. The Bertz CT molecular complexity index is 1210. The number of ether oxygens (including phenoxy) is 1. The Kier molecular flexibility index (Phi) is 5.84. The number of carbonyl (C=O) groups excluding carboxylic acids is 1. The molecule has 7 heteroatoms. The lowest BCUT2D eigenvalue weighted by atomic mass is 10.1. The molecule has 0 fully saturated rings. The van der Waals surface area contributed by atoms with E-state index in [1.54, 1.807) is 24.0 Å². The second kappa shape index (κ2) is 8.87. The summed E-state index contributed by atoms with van der Waals surface area (Å²) in [6, 6.07) is 15.9. The molecule has 2 aromatic heterocycles. The summed E-state index contributed by atoms with van der Waals surface area (Å²) in [5.74, 6) is 0.910. The summed E-state index contributed by atoms with van der Waals surface area (Å²) in [4.78, 5) is 12.8. The molecule has 31 heavy (non-hydrogen) atoms. The lowest BCUT2D eigenvalue weighted by Gasteiger charge is -2.07. The summed E-state index contributed by atoms with van der Waals surface area (Å²) >= 11 is 0. The Hall–Kier alpha value is -3.87. The van der Waals surface area contributed by atoms with Crippen molar-refractivity contribution in [2.75, 3.05) is 5.32 Å². The van der Waals surface area contributed by atoms with Crippen molar-refractivity contribution in [1.82, 2.24) is 14.9 Å². The van der Waals surface area contributed by atoms with Gasteiger partial charge in [-0.25, -0.2) is 0 Å². The predicted octanol–water partition coefficient (Wildman–Crippen LogP) is 4.68. The predicted molar refractivity (Wildman–Crippen MR) is 117 cm³/mol. The highest BCUT2D eigenvalue weighted by Crippen LogP contribution is 2.20. The monoisotopic (exact) mass is 416 g/mol. The van der Waals surface area contributed by atoms with Crippen LogP contribution in [-0.2, 0) is 13.2 Å². The van der Waals surface area contributed by atoms with E-state index in [2.05, 4.69) is 34.6 Å². The van der Waals surface area contributed by atoms with Gasteiger partial charge in [0.15, 0.2) is 5.69 Å². The molecule has 0 aliphatic carbocycles. The van der Waals surface area contributed by atoms with Gasteiger partial charge in [-0.3, -0.25) is 9.48 Å². The van der Waals surface area contributed by atoms with Crippen LogP contribution in [0.15, 0.2) is 65.4 Å². The first-order chi connectivity index (χ1) is 15.0. The zero-order valence-corrected chi connectivity index (χ0v) is 17.8. The van der Waals surface area contributed by atoms with Crippen molar-refractivity contribution >= 4 is 11.6 Å². The molecule has 1 N–H and O–H groups in total. The van der Waals surface area contributed by atoms with Crippen LogP contribution in [0.3, 0.4) is 0 Å². The van der Waals surface area contributed by atoms with Gasteiger partial charge in [0.05, 0.1) is 24.0 Å². The summed E-state index contributed by atoms with van der Waals surface area (Å²) in [5.41, 5.74) is 4.87. The van der Waals surface area contributed by atoms with E-state index in [0.29, 0.717) is 23.6 Å². The molecule has 0 saturated heterocycles. The van der Waals surface area contributed by atoms with Crippen LogP contribution in [0.5, 0.6) is 5.75 Å². The first-order valence-corrected chi connectivity index (χ1v) is 10.0. The number of carbonyl (C=O) groups is 1. The summed E-state index contributed by atoms with van der Waals surface area (Å²) in [6.45, 7) is 6.64. The van der Waals surface area contributed by atoms with Gasteiger partial charge in [0.2, 0.25) is 0 Å². The highest BCUT2D eigenvalue weighted by molar-refractivity contribution is 6.03. The molecule has 1 amide bonds. The van der Waals surface area contributed by atoms with Gasteiger partial charge in [0.1, 0.15) is 18.1 Å². The van der Waals surface area contributed by atoms with Gasteiger partial charge < -0.3 is 14.6 Å². The fourth-order valence-corrected chi connectivity index (χ4v) is 3.27. The summed E-state index contributed by atoms with van der Waals surface area (Å²) in [6.07, 6.45) is 3.41. The highest BCUT2D eigenvalue weighted by atomic mass is 16.5. The van der Waals surface area contributed by atoms with E-state index in [1.165, 1.54) is 11.1 Å². The molecule has 7 nitrogen and oxygen atoms in total. The SMILES string of the molecule is Cc1cccc(OCc2c(C(=O)Nc3cnn(Cc4ccccc4C)c3)noc2C)c1. The van der Waals surface area contributed by atoms with Crippen molar-refractivity contribution in [2.24, 2.45) is 0 Å². The largest absolute Gasteiger partial charge is 0.489 e. The molecule has 158 valence electrons. The molecule has 0 atom stereocenters. The number of hydrogen-bond donors (Lipinski definition) is 1. The molecular weight excluding hydrogens is 392 g/mol. The van der Waals surface area contributed by atoms with E-state index >= 15 is 0 Å². The van der Waals surface area contributed by atoms with Crippen LogP contribution >= 0.6 is 0 Å². The number of rotatable bonds is 7. The maximum absolute atomic E-state index is 12.8. The minimum atomic E-state index is -0.366. The fourth-order valence-electron chi connectivity index (χ4n) is 3.27. The van der Waals surface area contributed by atoms with Gasteiger partial charge in [0, 0.05) is 6.20 Å². The third-order valence-corrected chi connectivity index (χ3v) is 5.06. The van der Waals surface area contributed by atoms with Crippen LogP contribution in [-0.4, -0.2) is 20.8 Å². The first-order valence-electron chi connectivity index (χ1n) is 10.0. The number of benzene rings is 2. The van der Waals surface area contributed by atoms with Crippen LogP contribution < -0.4 is 10.1 Å². The number of aromatic nitrogens is 3. The van der Waals surface area contributed by atoms with Crippen LogP contribution in [0.25, 0.3) is 0 Å². The second-order valence-corrected chi connectivity index (χ2v) is 7.48. The minimum absolute atomic E-state index is 0.189. The highest BCUT2D eigenvalue weighted by Gasteiger charge is 2.21. The quantitative estimate of drug-likeness (QED) is 0.473. The second-order valence-electron chi connectivity index (χ2n) is 7.48. The Morgan fingerprint density at radius 3 is 2.77 bits per heavy atom. The van der Waals surface area contributed by atoms with Gasteiger partial charge in [-0.05, 0) is 49.6 Å². The lowest BCUT2D eigenvalue weighted by molar-refractivity contribution is 0.101. The summed E-state index contributed by atoms with van der Waals surface area (Å²) < 4.78 is 12.9. The maximum Gasteiger partial charge on any atom is 0.278 e. The van der Waals surface area contributed by atoms with E-state index in [4.69, 9.17) is 9.26 Å². The van der Waals surface area contributed by atoms with Gasteiger partial charge in [-0.1, -0.05) is 41.6 Å². The standard InChI is InChI=1S/C24H24N4O3/c1-16-7-6-10-21(11-16)30-15-22-18(3)31-27-23(22)24(29)26-20-12-25-28(14-20)13-19-9-5-4-8-17(19)2/h4-12,14H,13,15H2,1-3H3,(H,26,29). The third-order valence-electron chi connectivity index (χ3n) is 5.06. The van der Waals surface area contributed by atoms with E-state index in [0.717, 1.165) is 11.3 Å². The topological polar surface area (TPSA) is 82.2 Å². The van der Waals surface area contributed by atoms with Gasteiger partial charge in [0.25, 0.3) is 5.91 Å². The zero-order valence-electron chi connectivity index (χ0n) is 17.8. The molecule has 4 aromatic rings. The van der Waals surface area contributed by atoms with Gasteiger partial charge in [-0.15, -0.1) is 0 Å². The molecule has 0 radical (unpaired) electrons. The van der Waals surface area contributed by atoms with Crippen molar-refractivity contribution in [3.63, 3.8) is 0 Å². The van der Waals surface area contributed by atoms with Crippen LogP contribution in [0.1, 0.15) is 38.5 Å². The Labute approximate surface area is 180 Å². The van der Waals surface area contributed by atoms with Gasteiger partial charge in [-0.2, -0.15) is 5.10 Å². The first kappa shape index (κ1) is 20.4. The van der Waals surface area contributed by atoms with Crippen molar-refractivity contribution < 1.29 is 14.1 Å². The number of nitrogens with one attached hydrogen (secondary N) is 1. The van der Waals surface area contributed by atoms with Crippen LogP contribution in [0.4, 0.5) is 5.69 Å². The molecule has 2 heterocycles.